The Morgan fingerprint density at radius 3 is 2.50 bits per heavy atom. The first-order chi connectivity index (χ1) is 3.70. The quantitative estimate of drug-likeness (QED) is 0.583. The lowest BCUT2D eigenvalue weighted by atomic mass is 10.6. The summed E-state index contributed by atoms with van der Waals surface area (Å²) in [5.74, 6) is 0. The highest BCUT2D eigenvalue weighted by atomic mass is 35.5. The number of hydrogen-bond donors (Lipinski definition) is 1. The Bertz CT molecular complexity index is 176. The molecule has 4 heteroatoms. The van der Waals surface area contributed by atoms with Crippen molar-refractivity contribution < 1.29 is 0 Å². The third-order valence-corrected chi connectivity index (χ3v) is 2.41. The summed E-state index contributed by atoms with van der Waals surface area (Å²) in [6.45, 7) is 1.88. The summed E-state index contributed by atoms with van der Waals surface area (Å²) in [6.07, 6.45) is 0. The van der Waals surface area contributed by atoms with Gasteiger partial charge in [0.1, 0.15) is 0 Å². The van der Waals surface area contributed by atoms with Gasteiger partial charge in [-0.2, -0.15) is 0 Å². The minimum absolute atomic E-state index is 0.563. The first kappa shape index (κ1) is 6.39. The predicted molar refractivity (Wildman–Crippen MR) is 39.1 cm³/mol. The highest BCUT2D eigenvalue weighted by Gasteiger charge is 1.98. The number of aryl methyl sites for hydroxylation is 1. The van der Waals surface area contributed by atoms with Gasteiger partial charge >= 0.3 is 0 Å². The fourth-order valence-corrected chi connectivity index (χ4v) is 1.72. The molecule has 0 saturated heterocycles. The van der Waals surface area contributed by atoms with Gasteiger partial charge in [-0.15, -0.1) is 12.6 Å². The summed E-state index contributed by atoms with van der Waals surface area (Å²) in [5, 5.41) is 0. The smallest absolute Gasteiger partial charge is 0.184 e. The Balaban J connectivity index is 3.14. The first-order valence-corrected chi connectivity index (χ1v) is 3.66. The summed E-state index contributed by atoms with van der Waals surface area (Å²) in [4.78, 5) is 3.92. The van der Waals surface area contributed by atoms with Crippen LogP contribution in [0.4, 0.5) is 0 Å². The molecule has 1 heterocycles. The third kappa shape index (κ3) is 1.16. The molecule has 0 aliphatic heterocycles. The Morgan fingerprint density at radius 2 is 2.38 bits per heavy atom. The van der Waals surface area contributed by atoms with E-state index in [0.717, 1.165) is 9.90 Å². The minimum atomic E-state index is 0.563. The first-order valence-electron chi connectivity index (χ1n) is 2.02. The number of thiazole rings is 1. The van der Waals surface area contributed by atoms with E-state index in [1.807, 2.05) is 6.92 Å². The second-order valence-electron chi connectivity index (χ2n) is 1.36. The second kappa shape index (κ2) is 2.25. The lowest BCUT2D eigenvalue weighted by molar-refractivity contribution is 1.21. The van der Waals surface area contributed by atoms with Crippen LogP contribution >= 0.6 is 35.6 Å². The molecule has 0 aromatic carbocycles. The molecule has 1 nitrogen and oxygen atoms in total. The molecule has 0 radical (unpaired) electrons. The van der Waals surface area contributed by atoms with Crippen LogP contribution in [0.25, 0.3) is 0 Å². The van der Waals surface area contributed by atoms with Crippen LogP contribution in [0.2, 0.25) is 4.47 Å². The lowest BCUT2D eigenvalue weighted by Crippen LogP contribution is -1.66. The van der Waals surface area contributed by atoms with Gasteiger partial charge in [0.2, 0.25) is 0 Å². The predicted octanol–water partition coefficient (Wildman–Crippen LogP) is 2.39. The number of thiol groups is 1. The van der Waals surface area contributed by atoms with Gasteiger partial charge in [0.25, 0.3) is 0 Å². The standard InChI is InChI=1S/C4H4ClNS2/c1-2-3(7)8-4(5)6-2/h7H,1H3. The van der Waals surface area contributed by atoms with E-state index in [1.165, 1.54) is 11.3 Å². The Labute approximate surface area is 62.1 Å². The van der Waals surface area contributed by atoms with E-state index in [-0.39, 0.29) is 0 Å². The van der Waals surface area contributed by atoms with Crippen LogP contribution in [0, 0.1) is 6.92 Å². The second-order valence-corrected chi connectivity index (χ2v) is 3.69. The molecule has 8 heavy (non-hydrogen) atoms. The van der Waals surface area contributed by atoms with E-state index >= 15 is 0 Å². The summed E-state index contributed by atoms with van der Waals surface area (Å²) in [7, 11) is 0. The van der Waals surface area contributed by atoms with Crippen molar-refractivity contribution in [1.29, 1.82) is 0 Å². The van der Waals surface area contributed by atoms with Gasteiger partial charge in [0.05, 0.1) is 9.90 Å². The maximum absolute atomic E-state index is 5.52. The van der Waals surface area contributed by atoms with Crippen LogP contribution in [0.5, 0.6) is 0 Å². The zero-order chi connectivity index (χ0) is 6.15. The Hall–Kier alpha value is 0.270. The van der Waals surface area contributed by atoms with E-state index in [0.29, 0.717) is 4.47 Å². The molecule has 0 amide bonds. The van der Waals surface area contributed by atoms with Crippen molar-refractivity contribution >= 4 is 35.6 Å². The summed E-state index contributed by atoms with van der Waals surface area (Å²) in [5.41, 5.74) is 0.906. The van der Waals surface area contributed by atoms with Gasteiger partial charge in [0, 0.05) is 0 Å². The van der Waals surface area contributed by atoms with E-state index < -0.39 is 0 Å². The largest absolute Gasteiger partial charge is 0.229 e. The topological polar surface area (TPSA) is 12.9 Å². The zero-order valence-corrected chi connectivity index (χ0v) is 6.65. The fraction of sp³-hybridized carbons (Fsp3) is 0.250. The maximum atomic E-state index is 5.52. The van der Waals surface area contributed by atoms with Crippen LogP contribution in [0.15, 0.2) is 4.21 Å². The van der Waals surface area contributed by atoms with Crippen molar-refractivity contribution in [3.05, 3.63) is 10.2 Å². The molecule has 0 bridgehead atoms. The molecule has 1 rings (SSSR count). The molecule has 44 valence electrons. The molecule has 0 N–H and O–H groups in total. The lowest BCUT2D eigenvalue weighted by Gasteiger charge is -1.76. The molecule has 0 aliphatic carbocycles. The minimum Gasteiger partial charge on any atom is -0.229 e. The van der Waals surface area contributed by atoms with Crippen molar-refractivity contribution in [2.24, 2.45) is 0 Å². The monoisotopic (exact) mass is 165 g/mol. The van der Waals surface area contributed by atoms with Crippen LogP contribution in [0.3, 0.4) is 0 Å². The number of aromatic nitrogens is 1. The number of rotatable bonds is 0. The van der Waals surface area contributed by atoms with Crippen LogP contribution in [-0.4, -0.2) is 4.98 Å². The van der Waals surface area contributed by atoms with Crippen molar-refractivity contribution in [3.8, 4) is 0 Å². The highest BCUT2D eigenvalue weighted by Crippen LogP contribution is 2.24. The summed E-state index contributed by atoms with van der Waals surface area (Å²) < 4.78 is 1.46. The Morgan fingerprint density at radius 1 is 1.75 bits per heavy atom. The molecule has 0 spiro atoms. The number of hydrogen-bond acceptors (Lipinski definition) is 3. The molecule has 0 aliphatic rings. The molecule has 0 saturated carbocycles. The van der Waals surface area contributed by atoms with Crippen molar-refractivity contribution in [2.45, 2.75) is 11.1 Å². The summed E-state index contributed by atoms with van der Waals surface area (Å²) >= 11 is 11.0. The van der Waals surface area contributed by atoms with Crippen molar-refractivity contribution in [2.75, 3.05) is 0 Å². The van der Waals surface area contributed by atoms with E-state index in [4.69, 9.17) is 11.6 Å². The molecule has 1 aromatic rings. The maximum Gasteiger partial charge on any atom is 0.184 e. The van der Waals surface area contributed by atoms with Gasteiger partial charge < -0.3 is 0 Å². The molecule has 0 atom stereocenters. The normalized spacial score (nSPS) is 9.88. The molecule has 0 unspecified atom stereocenters. The van der Waals surface area contributed by atoms with Crippen molar-refractivity contribution in [3.63, 3.8) is 0 Å². The van der Waals surface area contributed by atoms with E-state index in [9.17, 15) is 0 Å². The number of halogens is 1. The average molecular weight is 166 g/mol. The Kier molecular flexibility index (Phi) is 1.80. The van der Waals surface area contributed by atoms with Gasteiger partial charge in [-0.25, -0.2) is 4.98 Å². The van der Waals surface area contributed by atoms with Gasteiger partial charge in [0.15, 0.2) is 4.47 Å². The van der Waals surface area contributed by atoms with Crippen molar-refractivity contribution in [1.82, 2.24) is 4.98 Å². The summed E-state index contributed by atoms with van der Waals surface area (Å²) in [6, 6.07) is 0. The van der Waals surface area contributed by atoms with Gasteiger partial charge in [-0.05, 0) is 6.92 Å². The SMILES string of the molecule is Cc1nc(Cl)sc1S. The van der Waals surface area contributed by atoms with Gasteiger partial charge in [-0.3, -0.25) is 0 Å². The van der Waals surface area contributed by atoms with Crippen LogP contribution in [0.1, 0.15) is 5.69 Å². The zero-order valence-electron chi connectivity index (χ0n) is 4.18. The van der Waals surface area contributed by atoms with E-state index in [2.05, 4.69) is 17.6 Å². The van der Waals surface area contributed by atoms with Gasteiger partial charge in [-0.1, -0.05) is 22.9 Å². The van der Waals surface area contributed by atoms with Crippen LogP contribution in [-0.2, 0) is 0 Å². The average Bonchev–Trinajstić information content (AvgIpc) is 1.85. The highest BCUT2D eigenvalue weighted by molar-refractivity contribution is 7.83. The van der Waals surface area contributed by atoms with E-state index in [1.54, 1.807) is 0 Å². The van der Waals surface area contributed by atoms with Crippen LogP contribution < -0.4 is 0 Å². The molecule has 1 aromatic heterocycles. The molecular formula is C4H4ClNS2. The number of nitrogens with zero attached hydrogens (tertiary/aromatic N) is 1. The third-order valence-electron chi connectivity index (χ3n) is 0.746. The fourth-order valence-electron chi connectivity index (χ4n) is 0.356. The molecular weight excluding hydrogens is 162 g/mol. The molecule has 0 fully saturated rings.